The molecule has 1 aromatic rings. The Labute approximate surface area is 69.1 Å². The summed E-state index contributed by atoms with van der Waals surface area (Å²) in [6.07, 6.45) is 0. The van der Waals surface area contributed by atoms with E-state index in [2.05, 4.69) is 4.74 Å². The van der Waals surface area contributed by atoms with Crippen LogP contribution in [0.3, 0.4) is 0 Å². The van der Waals surface area contributed by atoms with Gasteiger partial charge in [0.1, 0.15) is 12.4 Å². The summed E-state index contributed by atoms with van der Waals surface area (Å²) in [6.45, 7) is 1.80. The molecule has 0 amide bonds. The quantitative estimate of drug-likeness (QED) is 0.500. The van der Waals surface area contributed by atoms with Crippen molar-refractivity contribution in [3.05, 3.63) is 23.7 Å². The molecule has 0 bridgehead atoms. The number of hydrogen-bond donors (Lipinski definition) is 0. The summed E-state index contributed by atoms with van der Waals surface area (Å²) in [6, 6.07) is 3.14. The van der Waals surface area contributed by atoms with Gasteiger partial charge in [-0.2, -0.15) is 0 Å². The van der Waals surface area contributed by atoms with E-state index in [4.69, 9.17) is 4.42 Å². The number of hydrogen-bond acceptors (Lipinski definition) is 4. The zero-order chi connectivity index (χ0) is 8.97. The third-order valence-corrected chi connectivity index (χ3v) is 1.30. The molecule has 1 aromatic heterocycles. The maximum Gasteiger partial charge on any atom is 0.293 e. The molecule has 12 heavy (non-hydrogen) atoms. The van der Waals surface area contributed by atoms with Gasteiger partial charge in [0.05, 0.1) is 0 Å². The monoisotopic (exact) mass is 168 g/mol. The number of furan rings is 1. The lowest BCUT2D eigenvalue weighted by molar-refractivity contribution is -0.130. The van der Waals surface area contributed by atoms with Crippen molar-refractivity contribution in [2.75, 3.05) is 0 Å². The Balaban J connectivity index is 2.64. The molecule has 4 nitrogen and oxygen atoms in total. The van der Waals surface area contributed by atoms with Gasteiger partial charge in [0, 0.05) is 6.92 Å². The van der Waals surface area contributed by atoms with Gasteiger partial charge in [0.15, 0.2) is 11.5 Å². The first kappa shape index (κ1) is 8.52. The maximum atomic E-state index is 10.7. The minimum Gasteiger partial charge on any atom is -0.460 e. The molecule has 1 heterocycles. The molecule has 0 aromatic carbocycles. The Hall–Kier alpha value is -1.58. The van der Waals surface area contributed by atoms with E-state index in [-0.39, 0.29) is 18.2 Å². The summed E-state index contributed by atoms with van der Waals surface area (Å²) >= 11 is 0. The average Bonchev–Trinajstić information content (AvgIpc) is 2.48. The van der Waals surface area contributed by atoms with Crippen LogP contribution in [-0.4, -0.2) is 12.3 Å². The summed E-state index contributed by atoms with van der Waals surface area (Å²) in [4.78, 5) is 20.5. The highest BCUT2D eigenvalue weighted by Gasteiger charge is 2.05. The first-order chi connectivity index (χ1) is 5.74. The Morgan fingerprint density at radius 1 is 1.67 bits per heavy atom. The van der Waals surface area contributed by atoms with Gasteiger partial charge in [0.25, 0.3) is 6.47 Å². The van der Waals surface area contributed by atoms with Crippen molar-refractivity contribution in [1.82, 2.24) is 0 Å². The van der Waals surface area contributed by atoms with Crippen LogP contribution in [0, 0.1) is 0 Å². The summed E-state index contributed by atoms with van der Waals surface area (Å²) in [5, 5.41) is 0. The second kappa shape index (κ2) is 3.71. The number of ketones is 1. The molecule has 0 unspecified atom stereocenters. The van der Waals surface area contributed by atoms with Crippen molar-refractivity contribution in [2.24, 2.45) is 0 Å². The molecular formula is C8H8O4. The van der Waals surface area contributed by atoms with Crippen LogP contribution in [0.5, 0.6) is 0 Å². The van der Waals surface area contributed by atoms with Crippen molar-refractivity contribution < 1.29 is 18.7 Å². The summed E-state index contributed by atoms with van der Waals surface area (Å²) in [5.74, 6) is 0.596. The zero-order valence-electron chi connectivity index (χ0n) is 6.57. The molecule has 0 atom stereocenters. The molecule has 4 heteroatoms. The van der Waals surface area contributed by atoms with Crippen LogP contribution in [0.15, 0.2) is 16.5 Å². The smallest absolute Gasteiger partial charge is 0.293 e. The van der Waals surface area contributed by atoms with E-state index in [0.29, 0.717) is 12.2 Å². The zero-order valence-corrected chi connectivity index (χ0v) is 6.57. The highest BCUT2D eigenvalue weighted by molar-refractivity contribution is 5.91. The van der Waals surface area contributed by atoms with E-state index in [1.165, 1.54) is 6.92 Å². The first-order valence-electron chi connectivity index (χ1n) is 3.39. The number of Topliss-reactive ketones (excluding diaryl/α,β-unsaturated/α-hetero) is 1. The molecule has 0 N–H and O–H groups in total. The van der Waals surface area contributed by atoms with Gasteiger partial charge < -0.3 is 9.15 Å². The maximum absolute atomic E-state index is 10.7. The molecule has 0 saturated heterocycles. The second-order valence-electron chi connectivity index (χ2n) is 2.23. The predicted molar refractivity (Wildman–Crippen MR) is 39.6 cm³/mol. The molecule has 0 saturated carbocycles. The number of ether oxygens (including phenoxy) is 1. The van der Waals surface area contributed by atoms with Crippen LogP contribution in [0.4, 0.5) is 0 Å². The molecular weight excluding hydrogens is 160 g/mol. The molecule has 0 aliphatic carbocycles. The molecule has 0 radical (unpaired) electrons. The van der Waals surface area contributed by atoms with E-state index in [9.17, 15) is 9.59 Å². The standard InChI is InChI=1S/C8H8O4/c1-6(10)8-3-2-7(12-8)4-11-5-9/h2-3,5H,4H2,1H3. The van der Waals surface area contributed by atoms with Crippen molar-refractivity contribution >= 4 is 12.3 Å². The van der Waals surface area contributed by atoms with Gasteiger partial charge in [0.2, 0.25) is 0 Å². The van der Waals surface area contributed by atoms with E-state index in [1.807, 2.05) is 0 Å². The van der Waals surface area contributed by atoms with Crippen LogP contribution in [0.25, 0.3) is 0 Å². The predicted octanol–water partition coefficient (Wildman–Crippen LogP) is 1.16. The van der Waals surface area contributed by atoms with Gasteiger partial charge >= 0.3 is 0 Å². The average molecular weight is 168 g/mol. The minimum atomic E-state index is -0.146. The Kier molecular flexibility index (Phi) is 2.63. The van der Waals surface area contributed by atoms with Gasteiger partial charge in [-0.1, -0.05) is 0 Å². The summed E-state index contributed by atoms with van der Waals surface area (Å²) < 4.78 is 9.44. The summed E-state index contributed by atoms with van der Waals surface area (Å²) in [7, 11) is 0. The normalized spacial score (nSPS) is 9.42. The Morgan fingerprint density at radius 2 is 2.42 bits per heavy atom. The van der Waals surface area contributed by atoms with Crippen molar-refractivity contribution in [3.8, 4) is 0 Å². The van der Waals surface area contributed by atoms with Gasteiger partial charge in [-0.15, -0.1) is 0 Å². The Bertz CT molecular complexity index is 287. The van der Waals surface area contributed by atoms with Crippen LogP contribution < -0.4 is 0 Å². The second-order valence-corrected chi connectivity index (χ2v) is 2.23. The Morgan fingerprint density at radius 3 is 2.92 bits per heavy atom. The number of carbonyl (C=O) groups excluding carboxylic acids is 2. The highest BCUT2D eigenvalue weighted by Crippen LogP contribution is 2.08. The molecule has 0 aliphatic rings. The fourth-order valence-electron chi connectivity index (χ4n) is 0.761. The third kappa shape index (κ3) is 1.95. The van der Waals surface area contributed by atoms with E-state index < -0.39 is 0 Å². The summed E-state index contributed by atoms with van der Waals surface area (Å²) in [5.41, 5.74) is 0. The SMILES string of the molecule is CC(=O)c1ccc(COC=O)o1. The number of rotatable bonds is 4. The molecule has 64 valence electrons. The fourth-order valence-corrected chi connectivity index (χ4v) is 0.761. The molecule has 1 rings (SSSR count). The lowest BCUT2D eigenvalue weighted by atomic mass is 10.3. The van der Waals surface area contributed by atoms with Crippen LogP contribution in [-0.2, 0) is 16.1 Å². The molecule has 0 spiro atoms. The first-order valence-corrected chi connectivity index (χ1v) is 3.39. The third-order valence-electron chi connectivity index (χ3n) is 1.30. The van der Waals surface area contributed by atoms with Crippen LogP contribution in [0.2, 0.25) is 0 Å². The molecule has 0 fully saturated rings. The largest absolute Gasteiger partial charge is 0.460 e. The van der Waals surface area contributed by atoms with Gasteiger partial charge in [-0.05, 0) is 12.1 Å². The van der Waals surface area contributed by atoms with Crippen LogP contribution >= 0.6 is 0 Å². The van der Waals surface area contributed by atoms with Crippen molar-refractivity contribution in [3.63, 3.8) is 0 Å². The van der Waals surface area contributed by atoms with Gasteiger partial charge in [-0.25, -0.2) is 0 Å². The van der Waals surface area contributed by atoms with E-state index in [1.54, 1.807) is 12.1 Å². The fraction of sp³-hybridized carbons (Fsp3) is 0.250. The number of carbonyl (C=O) groups is 2. The lowest BCUT2D eigenvalue weighted by Crippen LogP contribution is -1.89. The van der Waals surface area contributed by atoms with E-state index >= 15 is 0 Å². The van der Waals surface area contributed by atoms with Crippen molar-refractivity contribution in [2.45, 2.75) is 13.5 Å². The minimum absolute atomic E-state index is 0.0663. The van der Waals surface area contributed by atoms with Gasteiger partial charge in [-0.3, -0.25) is 9.59 Å². The topological polar surface area (TPSA) is 56.5 Å². The van der Waals surface area contributed by atoms with Crippen molar-refractivity contribution in [1.29, 1.82) is 0 Å². The van der Waals surface area contributed by atoms with Crippen LogP contribution in [0.1, 0.15) is 23.2 Å². The molecule has 0 aliphatic heterocycles. The van der Waals surface area contributed by atoms with E-state index in [0.717, 1.165) is 0 Å². The lowest BCUT2D eigenvalue weighted by Gasteiger charge is -1.92. The highest BCUT2D eigenvalue weighted by atomic mass is 16.5.